The number of likely N-dealkylation sites (tertiary alicyclic amines) is 1. The van der Waals surface area contributed by atoms with Crippen LogP contribution in [0.5, 0.6) is 0 Å². The summed E-state index contributed by atoms with van der Waals surface area (Å²) in [5.41, 5.74) is 1.86. The predicted molar refractivity (Wildman–Crippen MR) is 104 cm³/mol. The van der Waals surface area contributed by atoms with Gasteiger partial charge in [-0.1, -0.05) is 35.5 Å². The van der Waals surface area contributed by atoms with Crippen LogP contribution in [0.4, 0.5) is 0 Å². The van der Waals surface area contributed by atoms with Crippen molar-refractivity contribution in [1.82, 2.24) is 19.9 Å². The first-order chi connectivity index (χ1) is 13.6. The summed E-state index contributed by atoms with van der Waals surface area (Å²) in [5, 5.41) is 3.79. The van der Waals surface area contributed by atoms with Gasteiger partial charge >= 0.3 is 0 Å². The predicted octanol–water partition coefficient (Wildman–Crippen LogP) is 1.93. The smallest absolute Gasteiger partial charge is 0.292 e. The molecule has 3 heterocycles. The Morgan fingerprint density at radius 3 is 2.57 bits per heavy atom. The molecule has 2 amide bonds. The van der Waals surface area contributed by atoms with Gasteiger partial charge < -0.3 is 14.3 Å². The van der Waals surface area contributed by atoms with Crippen molar-refractivity contribution in [2.24, 2.45) is 0 Å². The molecule has 2 aliphatic rings. The normalized spacial score (nSPS) is 21.2. The average molecular weight is 382 g/mol. The van der Waals surface area contributed by atoms with E-state index in [1.165, 1.54) is 0 Å². The summed E-state index contributed by atoms with van der Waals surface area (Å²) in [7, 11) is 0. The molecule has 0 bridgehead atoms. The minimum atomic E-state index is -0.124. The maximum atomic E-state index is 13.0. The average Bonchev–Trinajstić information content (AvgIpc) is 3.16. The summed E-state index contributed by atoms with van der Waals surface area (Å²) in [6, 6.07) is 11.7. The van der Waals surface area contributed by atoms with E-state index in [0.717, 1.165) is 24.9 Å². The fraction of sp³-hybridized carbons (Fsp3) is 0.476. The van der Waals surface area contributed by atoms with E-state index in [1.807, 2.05) is 23.1 Å². The van der Waals surface area contributed by atoms with Crippen molar-refractivity contribution in [2.45, 2.75) is 32.4 Å². The van der Waals surface area contributed by atoms with Crippen molar-refractivity contribution in [3.05, 3.63) is 53.4 Å². The maximum absolute atomic E-state index is 13.0. The van der Waals surface area contributed by atoms with Gasteiger partial charge in [-0.3, -0.25) is 14.5 Å². The number of carbonyl (C=O) groups is 2. The van der Waals surface area contributed by atoms with E-state index in [1.54, 1.807) is 17.9 Å². The summed E-state index contributed by atoms with van der Waals surface area (Å²) >= 11 is 0. The minimum absolute atomic E-state index is 0.0813. The van der Waals surface area contributed by atoms with Crippen molar-refractivity contribution < 1.29 is 14.1 Å². The molecule has 4 rings (SSSR count). The third-order valence-electron chi connectivity index (χ3n) is 5.60. The number of nitrogens with zero attached hydrogens (tertiary/aromatic N) is 4. The highest BCUT2D eigenvalue weighted by Crippen LogP contribution is 2.21. The molecule has 0 spiro atoms. The first-order valence-electron chi connectivity index (χ1n) is 9.91. The topological polar surface area (TPSA) is 69.9 Å². The Bertz CT molecular complexity index is 827. The van der Waals surface area contributed by atoms with Crippen LogP contribution in [-0.2, 0) is 11.3 Å². The molecule has 2 aliphatic heterocycles. The first kappa shape index (κ1) is 18.7. The van der Waals surface area contributed by atoms with E-state index in [9.17, 15) is 9.59 Å². The second-order valence-electron chi connectivity index (χ2n) is 7.56. The molecule has 1 aromatic heterocycles. The van der Waals surface area contributed by atoms with E-state index < -0.39 is 0 Å². The Labute approximate surface area is 164 Å². The third kappa shape index (κ3) is 3.94. The van der Waals surface area contributed by atoms with Crippen LogP contribution < -0.4 is 0 Å². The zero-order chi connectivity index (χ0) is 19.5. The van der Waals surface area contributed by atoms with Crippen molar-refractivity contribution in [2.75, 3.05) is 32.7 Å². The van der Waals surface area contributed by atoms with Gasteiger partial charge in [0.1, 0.15) is 0 Å². The Hall–Kier alpha value is -2.67. The van der Waals surface area contributed by atoms with Crippen LogP contribution in [-0.4, -0.2) is 70.4 Å². The zero-order valence-corrected chi connectivity index (χ0v) is 16.2. The number of carbonyl (C=O) groups excluding carboxylic acids is 2. The lowest BCUT2D eigenvalue weighted by atomic mass is 10.0. The molecule has 2 aromatic rings. The number of aryl methyl sites for hydroxylation is 1. The summed E-state index contributed by atoms with van der Waals surface area (Å²) < 4.78 is 5.09. The molecule has 2 saturated heterocycles. The summed E-state index contributed by atoms with van der Waals surface area (Å²) in [6.07, 6.45) is 1.90. The minimum Gasteiger partial charge on any atom is -0.351 e. The molecule has 148 valence electrons. The van der Waals surface area contributed by atoms with Crippen molar-refractivity contribution >= 4 is 11.8 Å². The van der Waals surface area contributed by atoms with Crippen LogP contribution >= 0.6 is 0 Å². The number of benzene rings is 1. The van der Waals surface area contributed by atoms with Gasteiger partial charge in [0, 0.05) is 45.3 Å². The van der Waals surface area contributed by atoms with Crippen molar-refractivity contribution in [3.8, 4) is 0 Å². The number of piperazine rings is 1. The van der Waals surface area contributed by atoms with Gasteiger partial charge in [0.15, 0.2) is 0 Å². The molecule has 1 atom stereocenters. The molecule has 0 N–H and O–H groups in total. The zero-order valence-electron chi connectivity index (χ0n) is 16.2. The molecule has 0 radical (unpaired) electrons. The largest absolute Gasteiger partial charge is 0.351 e. The van der Waals surface area contributed by atoms with E-state index in [2.05, 4.69) is 22.2 Å². The van der Waals surface area contributed by atoms with Crippen LogP contribution in [0.1, 0.15) is 34.7 Å². The number of amides is 2. The Morgan fingerprint density at radius 2 is 1.89 bits per heavy atom. The van der Waals surface area contributed by atoms with Crippen molar-refractivity contribution in [3.63, 3.8) is 0 Å². The Balaban J connectivity index is 1.34. The molecule has 1 unspecified atom stereocenters. The summed E-state index contributed by atoms with van der Waals surface area (Å²) in [6.45, 7) is 5.88. The number of aromatic nitrogens is 1. The van der Waals surface area contributed by atoms with E-state index in [-0.39, 0.29) is 23.6 Å². The number of hydrogen-bond acceptors (Lipinski definition) is 5. The lowest BCUT2D eigenvalue weighted by Gasteiger charge is -2.42. The fourth-order valence-electron chi connectivity index (χ4n) is 4.08. The van der Waals surface area contributed by atoms with Gasteiger partial charge in [0.05, 0.1) is 11.7 Å². The van der Waals surface area contributed by atoms with E-state index >= 15 is 0 Å². The standard InChI is InChI=1S/C21H26N4O3/c1-16-14-19(28-22-16)21(27)24-12-10-23(11-13-24)18-8-5-9-25(20(18)26)15-17-6-3-2-4-7-17/h2-4,6-7,14,18H,5,8-13,15H2,1H3. The molecular weight excluding hydrogens is 356 g/mol. The maximum Gasteiger partial charge on any atom is 0.292 e. The highest BCUT2D eigenvalue weighted by molar-refractivity contribution is 5.91. The Kier molecular flexibility index (Phi) is 5.43. The van der Waals surface area contributed by atoms with Gasteiger partial charge in [0.25, 0.3) is 5.91 Å². The highest BCUT2D eigenvalue weighted by atomic mass is 16.5. The third-order valence-corrected chi connectivity index (χ3v) is 5.60. The van der Waals surface area contributed by atoms with Crippen LogP contribution in [0.25, 0.3) is 0 Å². The van der Waals surface area contributed by atoms with E-state index in [4.69, 9.17) is 4.52 Å². The second kappa shape index (κ2) is 8.14. The Morgan fingerprint density at radius 1 is 1.14 bits per heavy atom. The number of piperidine rings is 1. The van der Waals surface area contributed by atoms with E-state index in [0.29, 0.717) is 38.4 Å². The van der Waals surface area contributed by atoms with Gasteiger partial charge in [0.2, 0.25) is 11.7 Å². The molecule has 0 aliphatic carbocycles. The quantitative estimate of drug-likeness (QED) is 0.808. The summed E-state index contributed by atoms with van der Waals surface area (Å²) in [4.78, 5) is 31.5. The first-order valence-corrected chi connectivity index (χ1v) is 9.91. The lowest BCUT2D eigenvalue weighted by molar-refractivity contribution is -0.141. The summed E-state index contributed by atoms with van der Waals surface area (Å²) in [5.74, 6) is 0.371. The van der Waals surface area contributed by atoms with Crippen LogP contribution in [0.2, 0.25) is 0 Å². The van der Waals surface area contributed by atoms with Crippen LogP contribution in [0.15, 0.2) is 40.9 Å². The number of rotatable bonds is 4. The van der Waals surface area contributed by atoms with Gasteiger partial charge in [-0.25, -0.2) is 0 Å². The lowest BCUT2D eigenvalue weighted by Crippen LogP contribution is -2.58. The molecule has 7 heteroatoms. The van der Waals surface area contributed by atoms with Gasteiger partial charge in [-0.2, -0.15) is 0 Å². The molecule has 28 heavy (non-hydrogen) atoms. The fourth-order valence-corrected chi connectivity index (χ4v) is 4.08. The van der Waals surface area contributed by atoms with Crippen LogP contribution in [0, 0.1) is 6.92 Å². The van der Waals surface area contributed by atoms with Gasteiger partial charge in [-0.05, 0) is 25.3 Å². The molecule has 2 fully saturated rings. The monoisotopic (exact) mass is 382 g/mol. The molecule has 1 aromatic carbocycles. The molecule has 0 saturated carbocycles. The van der Waals surface area contributed by atoms with Gasteiger partial charge in [-0.15, -0.1) is 0 Å². The SMILES string of the molecule is Cc1cc(C(=O)N2CCN(C3CCCN(Cc4ccccc4)C3=O)CC2)on1. The highest BCUT2D eigenvalue weighted by Gasteiger charge is 2.35. The number of hydrogen-bond donors (Lipinski definition) is 0. The molecular formula is C21H26N4O3. The second-order valence-corrected chi connectivity index (χ2v) is 7.56. The van der Waals surface area contributed by atoms with Crippen LogP contribution in [0.3, 0.4) is 0 Å². The van der Waals surface area contributed by atoms with Crippen molar-refractivity contribution in [1.29, 1.82) is 0 Å². The molecule has 7 nitrogen and oxygen atoms in total.